The molecule has 0 radical (unpaired) electrons. The Morgan fingerprint density at radius 2 is 2.30 bits per heavy atom. The number of piperidine rings is 1. The fourth-order valence-electron chi connectivity index (χ4n) is 2.70. The van der Waals surface area contributed by atoms with Crippen molar-refractivity contribution in [2.45, 2.75) is 39.5 Å². The average Bonchev–Trinajstić information content (AvgIpc) is 2.48. The van der Waals surface area contributed by atoms with Gasteiger partial charge in [0, 0.05) is 32.9 Å². The zero-order valence-electron chi connectivity index (χ0n) is 12.9. The molecule has 0 spiro atoms. The van der Waals surface area contributed by atoms with Crippen LogP contribution < -0.4 is 5.32 Å². The molecule has 2 unspecified atom stereocenters. The number of hydrogen-bond donors (Lipinski definition) is 1. The fraction of sp³-hybridized carbons (Fsp3) is 0.688. The van der Waals surface area contributed by atoms with Gasteiger partial charge >= 0.3 is 0 Å². The Kier molecular flexibility index (Phi) is 5.95. The van der Waals surface area contributed by atoms with Crippen molar-refractivity contribution < 1.29 is 4.74 Å². The van der Waals surface area contributed by atoms with Gasteiger partial charge < -0.3 is 10.1 Å². The standard InChI is InChI=1S/C16H27N3O/c1-4-17-9-14-5-6-15(18-10-14)11-19-8-7-13(2)16(12-19)20-3/h5-6,10,13,16-17H,4,7-9,11-12H2,1-3H3. The van der Waals surface area contributed by atoms with Crippen LogP contribution in [0.5, 0.6) is 0 Å². The normalized spacial score (nSPS) is 23.9. The van der Waals surface area contributed by atoms with E-state index < -0.39 is 0 Å². The first-order chi connectivity index (χ1) is 9.72. The van der Waals surface area contributed by atoms with E-state index >= 15 is 0 Å². The van der Waals surface area contributed by atoms with Gasteiger partial charge in [0.15, 0.2) is 0 Å². The summed E-state index contributed by atoms with van der Waals surface area (Å²) in [4.78, 5) is 7.02. The molecule has 4 heteroatoms. The van der Waals surface area contributed by atoms with Crippen molar-refractivity contribution in [3.63, 3.8) is 0 Å². The molecule has 1 saturated heterocycles. The quantitative estimate of drug-likeness (QED) is 0.863. The smallest absolute Gasteiger partial charge is 0.0724 e. The van der Waals surface area contributed by atoms with Gasteiger partial charge in [-0.15, -0.1) is 0 Å². The summed E-state index contributed by atoms with van der Waals surface area (Å²) in [5.41, 5.74) is 2.40. The Hall–Kier alpha value is -0.970. The number of nitrogens with zero attached hydrogens (tertiary/aromatic N) is 2. The number of likely N-dealkylation sites (tertiary alicyclic amines) is 1. The highest BCUT2D eigenvalue weighted by Crippen LogP contribution is 2.20. The minimum Gasteiger partial charge on any atom is -0.380 e. The third kappa shape index (κ3) is 4.27. The van der Waals surface area contributed by atoms with E-state index in [4.69, 9.17) is 4.74 Å². The highest BCUT2D eigenvalue weighted by atomic mass is 16.5. The van der Waals surface area contributed by atoms with Crippen molar-refractivity contribution in [1.29, 1.82) is 0 Å². The molecule has 1 aromatic rings. The first kappa shape index (κ1) is 15.4. The van der Waals surface area contributed by atoms with Crippen molar-refractivity contribution in [2.75, 3.05) is 26.7 Å². The van der Waals surface area contributed by atoms with Gasteiger partial charge in [-0.05, 0) is 37.1 Å². The number of aromatic nitrogens is 1. The highest BCUT2D eigenvalue weighted by molar-refractivity contribution is 5.14. The Morgan fingerprint density at radius 3 is 2.95 bits per heavy atom. The Bertz CT molecular complexity index is 393. The summed E-state index contributed by atoms with van der Waals surface area (Å²) in [5.74, 6) is 0.659. The van der Waals surface area contributed by atoms with E-state index in [9.17, 15) is 0 Å². The van der Waals surface area contributed by atoms with Gasteiger partial charge in [-0.1, -0.05) is 19.9 Å². The summed E-state index contributed by atoms with van der Waals surface area (Å²) in [6, 6.07) is 4.32. The molecule has 2 atom stereocenters. The predicted molar refractivity (Wildman–Crippen MR) is 81.5 cm³/mol. The van der Waals surface area contributed by atoms with Gasteiger partial charge in [0.05, 0.1) is 11.8 Å². The molecule has 2 rings (SSSR count). The second kappa shape index (κ2) is 7.72. The van der Waals surface area contributed by atoms with E-state index in [1.807, 2.05) is 13.3 Å². The van der Waals surface area contributed by atoms with E-state index in [0.717, 1.165) is 38.4 Å². The Balaban J connectivity index is 1.86. The lowest BCUT2D eigenvalue weighted by atomic mass is 9.96. The molecule has 1 fully saturated rings. The molecule has 0 aliphatic carbocycles. The van der Waals surface area contributed by atoms with E-state index in [2.05, 4.69) is 41.2 Å². The molecule has 0 amide bonds. The summed E-state index contributed by atoms with van der Waals surface area (Å²) in [7, 11) is 1.82. The minimum absolute atomic E-state index is 0.358. The van der Waals surface area contributed by atoms with E-state index in [0.29, 0.717) is 12.0 Å². The van der Waals surface area contributed by atoms with E-state index in [1.165, 1.54) is 12.0 Å². The fourth-order valence-corrected chi connectivity index (χ4v) is 2.70. The molecular formula is C16H27N3O. The van der Waals surface area contributed by atoms with Gasteiger partial charge in [0.1, 0.15) is 0 Å². The van der Waals surface area contributed by atoms with Crippen LogP contribution in [0.2, 0.25) is 0 Å². The number of nitrogens with one attached hydrogen (secondary N) is 1. The van der Waals surface area contributed by atoms with Crippen LogP contribution in [-0.4, -0.2) is 42.7 Å². The van der Waals surface area contributed by atoms with Gasteiger partial charge in [-0.25, -0.2) is 0 Å². The zero-order chi connectivity index (χ0) is 14.4. The molecule has 1 aliphatic rings. The number of rotatable bonds is 6. The maximum absolute atomic E-state index is 5.56. The summed E-state index contributed by atoms with van der Waals surface area (Å²) < 4.78 is 5.56. The average molecular weight is 277 g/mol. The van der Waals surface area contributed by atoms with Crippen molar-refractivity contribution >= 4 is 0 Å². The number of ether oxygens (including phenoxy) is 1. The Morgan fingerprint density at radius 1 is 1.45 bits per heavy atom. The molecule has 0 aromatic carbocycles. The van der Waals surface area contributed by atoms with Gasteiger partial charge in [0.2, 0.25) is 0 Å². The van der Waals surface area contributed by atoms with Gasteiger partial charge in [0.25, 0.3) is 0 Å². The van der Waals surface area contributed by atoms with Crippen molar-refractivity contribution in [3.8, 4) is 0 Å². The predicted octanol–water partition coefficient (Wildman–Crippen LogP) is 2.05. The Labute approximate surface area is 122 Å². The zero-order valence-corrected chi connectivity index (χ0v) is 12.9. The van der Waals surface area contributed by atoms with Crippen LogP contribution in [0, 0.1) is 5.92 Å². The molecule has 112 valence electrons. The molecule has 4 nitrogen and oxygen atoms in total. The number of methoxy groups -OCH3 is 1. The molecule has 0 saturated carbocycles. The van der Waals surface area contributed by atoms with E-state index in [-0.39, 0.29) is 0 Å². The maximum atomic E-state index is 5.56. The van der Waals surface area contributed by atoms with Crippen LogP contribution in [0.4, 0.5) is 0 Å². The van der Waals surface area contributed by atoms with Crippen LogP contribution in [-0.2, 0) is 17.8 Å². The summed E-state index contributed by atoms with van der Waals surface area (Å²) >= 11 is 0. The third-order valence-electron chi connectivity index (χ3n) is 4.13. The van der Waals surface area contributed by atoms with Crippen LogP contribution in [0.25, 0.3) is 0 Å². The lowest BCUT2D eigenvalue weighted by molar-refractivity contribution is -0.00778. The monoisotopic (exact) mass is 277 g/mol. The van der Waals surface area contributed by atoms with Gasteiger partial charge in [-0.2, -0.15) is 0 Å². The lowest BCUT2D eigenvalue weighted by Gasteiger charge is -2.36. The SMILES string of the molecule is CCNCc1ccc(CN2CCC(C)C(OC)C2)nc1. The molecule has 0 bridgehead atoms. The van der Waals surface area contributed by atoms with Crippen molar-refractivity contribution in [1.82, 2.24) is 15.2 Å². The first-order valence-electron chi connectivity index (χ1n) is 7.62. The molecule has 20 heavy (non-hydrogen) atoms. The van der Waals surface area contributed by atoms with Crippen molar-refractivity contribution in [2.24, 2.45) is 5.92 Å². The topological polar surface area (TPSA) is 37.4 Å². The summed E-state index contributed by atoms with van der Waals surface area (Å²) in [6.07, 6.45) is 3.55. The molecule has 1 aromatic heterocycles. The van der Waals surface area contributed by atoms with Crippen LogP contribution in [0.1, 0.15) is 31.5 Å². The maximum Gasteiger partial charge on any atom is 0.0724 e. The first-order valence-corrected chi connectivity index (χ1v) is 7.62. The number of pyridine rings is 1. The molecule has 1 N–H and O–H groups in total. The van der Waals surface area contributed by atoms with Crippen LogP contribution in [0.3, 0.4) is 0 Å². The molecule has 2 heterocycles. The van der Waals surface area contributed by atoms with E-state index in [1.54, 1.807) is 0 Å². The number of hydrogen-bond acceptors (Lipinski definition) is 4. The largest absolute Gasteiger partial charge is 0.380 e. The third-order valence-corrected chi connectivity index (χ3v) is 4.13. The van der Waals surface area contributed by atoms with Crippen LogP contribution >= 0.6 is 0 Å². The minimum atomic E-state index is 0.358. The summed E-state index contributed by atoms with van der Waals surface area (Å²) in [5, 5.41) is 3.32. The van der Waals surface area contributed by atoms with Crippen LogP contribution in [0.15, 0.2) is 18.3 Å². The second-order valence-electron chi connectivity index (χ2n) is 5.71. The molecular weight excluding hydrogens is 250 g/mol. The lowest BCUT2D eigenvalue weighted by Crippen LogP contribution is -2.43. The summed E-state index contributed by atoms with van der Waals surface area (Å²) in [6.45, 7) is 9.36. The molecule has 1 aliphatic heterocycles. The van der Waals surface area contributed by atoms with Gasteiger partial charge in [-0.3, -0.25) is 9.88 Å². The second-order valence-corrected chi connectivity index (χ2v) is 5.71. The highest BCUT2D eigenvalue weighted by Gasteiger charge is 2.25. The van der Waals surface area contributed by atoms with Crippen molar-refractivity contribution in [3.05, 3.63) is 29.6 Å².